The zero-order valence-corrected chi connectivity index (χ0v) is 19.0. The Morgan fingerprint density at radius 1 is 1.25 bits per heavy atom. The lowest BCUT2D eigenvalue weighted by Crippen LogP contribution is -2.42. The van der Waals surface area contributed by atoms with Crippen molar-refractivity contribution in [1.29, 1.82) is 0 Å². The number of likely N-dealkylation sites (tertiary alicyclic amines) is 1. The van der Waals surface area contributed by atoms with Crippen LogP contribution in [0.4, 0.5) is 0 Å². The van der Waals surface area contributed by atoms with Crippen molar-refractivity contribution in [3.63, 3.8) is 0 Å². The Labute approximate surface area is 188 Å². The number of carbonyl (C=O) groups excluding carboxylic acids is 1. The molecule has 170 valence electrons. The van der Waals surface area contributed by atoms with E-state index in [0.717, 1.165) is 49.6 Å². The molecule has 1 unspecified atom stereocenters. The number of ether oxygens (including phenoxy) is 1. The molecular weight excluding hydrogens is 406 g/mol. The quantitative estimate of drug-likeness (QED) is 0.538. The van der Waals surface area contributed by atoms with Crippen molar-refractivity contribution in [2.45, 2.75) is 32.9 Å². The lowest BCUT2D eigenvalue weighted by Gasteiger charge is -2.32. The first kappa shape index (κ1) is 22.1. The molecule has 1 aliphatic heterocycles. The number of benzene rings is 1. The molecule has 0 N–H and O–H groups in total. The highest BCUT2D eigenvalue weighted by molar-refractivity contribution is 5.92. The number of hydrogen-bond donors (Lipinski definition) is 0. The van der Waals surface area contributed by atoms with Gasteiger partial charge in [0.15, 0.2) is 0 Å². The van der Waals surface area contributed by atoms with Gasteiger partial charge in [-0.15, -0.1) is 0 Å². The Morgan fingerprint density at radius 2 is 2.06 bits per heavy atom. The van der Waals surface area contributed by atoms with Crippen LogP contribution in [0.1, 0.15) is 40.3 Å². The zero-order valence-electron chi connectivity index (χ0n) is 19.0. The minimum Gasteiger partial charge on any atom is -0.493 e. The molecule has 2 aromatic heterocycles. The highest BCUT2D eigenvalue weighted by Crippen LogP contribution is 2.21. The summed E-state index contributed by atoms with van der Waals surface area (Å²) < 4.78 is 12.6. The smallest absolute Gasteiger partial charge is 0.272 e. The van der Waals surface area contributed by atoms with Gasteiger partial charge in [0.2, 0.25) is 0 Å². The van der Waals surface area contributed by atoms with Gasteiger partial charge >= 0.3 is 0 Å². The summed E-state index contributed by atoms with van der Waals surface area (Å²) >= 11 is 0. The van der Waals surface area contributed by atoms with Gasteiger partial charge in [0.1, 0.15) is 17.7 Å². The van der Waals surface area contributed by atoms with E-state index >= 15 is 0 Å². The number of carbonyl (C=O) groups is 1. The molecule has 1 aliphatic rings. The number of nitrogens with zero attached hydrogens (tertiary/aromatic N) is 5. The fourth-order valence-corrected chi connectivity index (χ4v) is 4.23. The van der Waals surface area contributed by atoms with E-state index in [0.29, 0.717) is 24.8 Å². The summed E-state index contributed by atoms with van der Waals surface area (Å²) in [6.07, 6.45) is 3.66. The summed E-state index contributed by atoms with van der Waals surface area (Å²) in [7, 11) is 3.88. The standard InChI is InChI=1S/C24H31N5O3/c1-18-13-23(28(3)25-18)24(30)29-11-4-5-20(15-29)17-31-22-8-6-19(7-9-22)14-27(2)16-21-10-12-32-26-21/h6-10,12-13,20H,4-5,11,14-17H2,1-3H3. The molecule has 8 nitrogen and oxygen atoms in total. The molecule has 32 heavy (non-hydrogen) atoms. The monoisotopic (exact) mass is 437 g/mol. The lowest BCUT2D eigenvalue weighted by molar-refractivity contribution is 0.0622. The average molecular weight is 438 g/mol. The van der Waals surface area contributed by atoms with Crippen molar-refractivity contribution in [3.8, 4) is 5.75 Å². The molecule has 1 aromatic carbocycles. The van der Waals surface area contributed by atoms with Crippen molar-refractivity contribution in [3.05, 3.63) is 65.3 Å². The summed E-state index contributed by atoms with van der Waals surface area (Å²) in [6.45, 7) is 5.58. The van der Waals surface area contributed by atoms with Crippen LogP contribution in [0, 0.1) is 12.8 Å². The highest BCUT2D eigenvalue weighted by atomic mass is 16.5. The first-order valence-corrected chi connectivity index (χ1v) is 11.1. The molecule has 0 aliphatic carbocycles. The van der Waals surface area contributed by atoms with Crippen LogP contribution in [0.25, 0.3) is 0 Å². The minimum absolute atomic E-state index is 0.0527. The van der Waals surface area contributed by atoms with Gasteiger partial charge in [0.05, 0.1) is 18.0 Å². The fourth-order valence-electron chi connectivity index (χ4n) is 4.23. The van der Waals surface area contributed by atoms with Crippen LogP contribution in [0.2, 0.25) is 0 Å². The number of piperidine rings is 1. The van der Waals surface area contributed by atoms with Crippen LogP contribution in [-0.2, 0) is 20.1 Å². The molecule has 3 aromatic rings. The molecule has 1 atom stereocenters. The van der Waals surface area contributed by atoms with E-state index in [-0.39, 0.29) is 5.91 Å². The third-order valence-corrected chi connectivity index (χ3v) is 5.81. The van der Waals surface area contributed by atoms with E-state index in [1.165, 1.54) is 5.56 Å². The van der Waals surface area contributed by atoms with Gasteiger partial charge in [-0.05, 0) is 50.6 Å². The first-order chi connectivity index (χ1) is 15.5. The molecule has 0 spiro atoms. The molecule has 1 fully saturated rings. The maximum absolute atomic E-state index is 12.9. The molecule has 8 heteroatoms. The summed E-state index contributed by atoms with van der Waals surface area (Å²) in [5.74, 6) is 1.24. The first-order valence-electron chi connectivity index (χ1n) is 11.1. The predicted octanol–water partition coefficient (Wildman–Crippen LogP) is 3.28. The van der Waals surface area contributed by atoms with E-state index in [1.807, 2.05) is 43.1 Å². The van der Waals surface area contributed by atoms with Crippen LogP contribution in [0.3, 0.4) is 0 Å². The molecule has 0 radical (unpaired) electrons. The number of hydrogen-bond acceptors (Lipinski definition) is 6. The zero-order chi connectivity index (χ0) is 22.5. The Kier molecular flexibility index (Phi) is 6.90. The number of aryl methyl sites for hydroxylation is 2. The topological polar surface area (TPSA) is 76.6 Å². The number of amides is 1. The Balaban J connectivity index is 1.26. The molecule has 1 amide bonds. The molecule has 3 heterocycles. The van der Waals surface area contributed by atoms with E-state index in [1.54, 1.807) is 10.9 Å². The summed E-state index contributed by atoms with van der Waals surface area (Å²) in [4.78, 5) is 17.0. The second kappa shape index (κ2) is 9.99. The van der Waals surface area contributed by atoms with E-state index < -0.39 is 0 Å². The maximum atomic E-state index is 12.9. The third-order valence-electron chi connectivity index (χ3n) is 5.81. The lowest BCUT2D eigenvalue weighted by atomic mass is 9.98. The fraction of sp³-hybridized carbons (Fsp3) is 0.458. The molecular formula is C24H31N5O3. The van der Waals surface area contributed by atoms with Gasteiger partial charge in [-0.1, -0.05) is 17.3 Å². The van der Waals surface area contributed by atoms with Gasteiger partial charge in [-0.2, -0.15) is 5.10 Å². The maximum Gasteiger partial charge on any atom is 0.272 e. The van der Waals surface area contributed by atoms with Crippen LogP contribution < -0.4 is 4.74 Å². The van der Waals surface area contributed by atoms with Crippen molar-refractivity contribution in [2.75, 3.05) is 26.7 Å². The summed E-state index contributed by atoms with van der Waals surface area (Å²) in [5, 5.41) is 8.25. The van der Waals surface area contributed by atoms with Crippen molar-refractivity contribution >= 4 is 5.91 Å². The second-order valence-corrected chi connectivity index (χ2v) is 8.67. The Hall–Kier alpha value is -3.13. The average Bonchev–Trinajstić information content (AvgIpc) is 3.41. The molecule has 1 saturated heterocycles. The van der Waals surface area contributed by atoms with Crippen LogP contribution >= 0.6 is 0 Å². The summed E-state index contributed by atoms with van der Waals surface area (Å²) in [6, 6.07) is 12.0. The largest absolute Gasteiger partial charge is 0.493 e. The van der Waals surface area contributed by atoms with Crippen molar-refractivity contribution in [1.82, 2.24) is 24.7 Å². The van der Waals surface area contributed by atoms with Crippen LogP contribution in [-0.4, -0.2) is 57.4 Å². The van der Waals surface area contributed by atoms with Gasteiger partial charge in [0.25, 0.3) is 5.91 Å². The highest BCUT2D eigenvalue weighted by Gasteiger charge is 2.26. The summed E-state index contributed by atoms with van der Waals surface area (Å²) in [5.41, 5.74) is 3.64. The number of rotatable bonds is 8. The minimum atomic E-state index is 0.0527. The van der Waals surface area contributed by atoms with Crippen molar-refractivity contribution in [2.24, 2.45) is 13.0 Å². The van der Waals surface area contributed by atoms with Gasteiger partial charge in [0, 0.05) is 45.2 Å². The van der Waals surface area contributed by atoms with Gasteiger partial charge in [-0.25, -0.2) is 0 Å². The number of aromatic nitrogens is 3. The van der Waals surface area contributed by atoms with Gasteiger partial charge in [-0.3, -0.25) is 14.4 Å². The third kappa shape index (κ3) is 5.56. The van der Waals surface area contributed by atoms with Crippen molar-refractivity contribution < 1.29 is 14.1 Å². The SMILES string of the molecule is Cc1cc(C(=O)N2CCCC(COc3ccc(CN(C)Cc4ccon4)cc3)C2)n(C)n1. The van der Waals surface area contributed by atoms with Crippen LogP contribution in [0.15, 0.2) is 47.2 Å². The van der Waals surface area contributed by atoms with E-state index in [9.17, 15) is 4.79 Å². The van der Waals surface area contributed by atoms with Crippen LogP contribution in [0.5, 0.6) is 5.75 Å². The normalized spacial score (nSPS) is 16.5. The Morgan fingerprint density at radius 3 is 2.75 bits per heavy atom. The molecule has 0 saturated carbocycles. The second-order valence-electron chi connectivity index (χ2n) is 8.67. The van der Waals surface area contributed by atoms with E-state index in [2.05, 4.69) is 34.3 Å². The molecule has 4 rings (SSSR count). The Bertz CT molecular complexity index is 1010. The van der Waals surface area contributed by atoms with Gasteiger partial charge < -0.3 is 14.2 Å². The predicted molar refractivity (Wildman–Crippen MR) is 120 cm³/mol. The van der Waals surface area contributed by atoms with E-state index in [4.69, 9.17) is 9.26 Å². The molecule has 0 bridgehead atoms.